The molecule has 1 aliphatic carbocycles. The maximum absolute atomic E-state index is 9.72. The Bertz CT molecular complexity index is 138. The summed E-state index contributed by atoms with van der Waals surface area (Å²) in [5.74, 6) is 0. The lowest BCUT2D eigenvalue weighted by atomic mass is 9.92. The zero-order valence-corrected chi connectivity index (χ0v) is 8.92. The molecule has 1 aliphatic rings. The first-order valence-electron chi connectivity index (χ1n) is 5.68. The predicted octanol–water partition coefficient (Wildman–Crippen LogP) is 2.07. The molecule has 1 fully saturated rings. The molecule has 0 unspecified atom stereocenters. The zero-order chi connectivity index (χ0) is 9.68. The lowest BCUT2D eigenvalue weighted by Gasteiger charge is -2.31. The minimum atomic E-state index is -0.104. The fourth-order valence-corrected chi connectivity index (χ4v) is 2.19. The van der Waals surface area contributed by atoms with Crippen molar-refractivity contribution in [2.24, 2.45) is 0 Å². The molecule has 0 radical (unpaired) electrons. The second-order valence-corrected chi connectivity index (χ2v) is 4.31. The molecule has 1 saturated carbocycles. The fraction of sp³-hybridized carbons (Fsp3) is 1.00. The second kappa shape index (κ2) is 5.61. The Hall–Kier alpha value is -0.0800. The summed E-state index contributed by atoms with van der Waals surface area (Å²) in [5, 5.41) is 13.2. The maximum atomic E-state index is 9.72. The molecule has 1 rings (SSSR count). The van der Waals surface area contributed by atoms with Gasteiger partial charge in [-0.1, -0.05) is 26.2 Å². The Balaban J connectivity index is 2.25. The van der Waals surface area contributed by atoms with E-state index in [0.717, 1.165) is 12.8 Å². The van der Waals surface area contributed by atoms with Gasteiger partial charge in [0.15, 0.2) is 0 Å². The Kier molecular flexibility index (Phi) is 4.74. The molecule has 78 valence electrons. The molecule has 0 amide bonds. The van der Waals surface area contributed by atoms with Crippen molar-refractivity contribution >= 4 is 0 Å². The van der Waals surface area contributed by atoms with E-state index in [0.29, 0.717) is 12.1 Å². The molecule has 0 spiro atoms. The Morgan fingerprint density at radius 2 is 2.08 bits per heavy atom. The number of rotatable bonds is 4. The third-order valence-corrected chi connectivity index (χ3v) is 2.95. The van der Waals surface area contributed by atoms with E-state index in [1.54, 1.807) is 0 Å². The SMILES string of the molecule is CCC[C@H](C)N[C@@H]1CCCC[C@H]1O. The number of aliphatic hydroxyl groups excluding tert-OH is 1. The lowest BCUT2D eigenvalue weighted by molar-refractivity contribution is 0.0853. The van der Waals surface area contributed by atoms with Crippen LogP contribution in [0.4, 0.5) is 0 Å². The largest absolute Gasteiger partial charge is 0.392 e. The average Bonchev–Trinajstić information content (AvgIpc) is 2.09. The van der Waals surface area contributed by atoms with Crippen molar-refractivity contribution in [3.63, 3.8) is 0 Å². The molecule has 13 heavy (non-hydrogen) atoms. The summed E-state index contributed by atoms with van der Waals surface area (Å²) in [4.78, 5) is 0. The molecule has 2 nitrogen and oxygen atoms in total. The van der Waals surface area contributed by atoms with E-state index in [4.69, 9.17) is 0 Å². The van der Waals surface area contributed by atoms with Gasteiger partial charge in [0.05, 0.1) is 6.10 Å². The highest BCUT2D eigenvalue weighted by atomic mass is 16.3. The van der Waals surface area contributed by atoms with Gasteiger partial charge in [0.2, 0.25) is 0 Å². The van der Waals surface area contributed by atoms with Crippen LogP contribution in [-0.2, 0) is 0 Å². The van der Waals surface area contributed by atoms with Crippen LogP contribution in [-0.4, -0.2) is 23.3 Å². The highest BCUT2D eigenvalue weighted by Gasteiger charge is 2.23. The molecule has 0 aliphatic heterocycles. The van der Waals surface area contributed by atoms with Crippen LogP contribution in [0.25, 0.3) is 0 Å². The van der Waals surface area contributed by atoms with E-state index in [1.165, 1.54) is 25.7 Å². The molecule has 0 saturated heterocycles. The van der Waals surface area contributed by atoms with Gasteiger partial charge in [0.25, 0.3) is 0 Å². The molecule has 2 N–H and O–H groups in total. The van der Waals surface area contributed by atoms with Gasteiger partial charge in [-0.2, -0.15) is 0 Å². The van der Waals surface area contributed by atoms with E-state index < -0.39 is 0 Å². The average molecular weight is 185 g/mol. The van der Waals surface area contributed by atoms with Gasteiger partial charge in [-0.3, -0.25) is 0 Å². The molecular formula is C11H23NO. The summed E-state index contributed by atoms with van der Waals surface area (Å²) in [6, 6.07) is 0.915. The smallest absolute Gasteiger partial charge is 0.0693 e. The van der Waals surface area contributed by atoms with Crippen LogP contribution in [0.5, 0.6) is 0 Å². The summed E-state index contributed by atoms with van der Waals surface area (Å²) >= 11 is 0. The van der Waals surface area contributed by atoms with E-state index in [9.17, 15) is 5.11 Å². The predicted molar refractivity (Wildman–Crippen MR) is 55.8 cm³/mol. The van der Waals surface area contributed by atoms with Gasteiger partial charge >= 0.3 is 0 Å². The van der Waals surface area contributed by atoms with E-state index in [1.807, 2.05) is 0 Å². The minimum Gasteiger partial charge on any atom is -0.392 e. The first-order valence-corrected chi connectivity index (χ1v) is 5.68. The van der Waals surface area contributed by atoms with Gasteiger partial charge < -0.3 is 10.4 Å². The highest BCUT2D eigenvalue weighted by Crippen LogP contribution is 2.19. The van der Waals surface area contributed by atoms with Gasteiger partial charge in [-0.25, -0.2) is 0 Å². The van der Waals surface area contributed by atoms with Crippen LogP contribution < -0.4 is 5.32 Å². The van der Waals surface area contributed by atoms with Crippen LogP contribution in [0.15, 0.2) is 0 Å². The van der Waals surface area contributed by atoms with Crippen molar-refractivity contribution in [3.05, 3.63) is 0 Å². The number of aliphatic hydroxyl groups is 1. The van der Waals surface area contributed by atoms with Crippen molar-refractivity contribution in [2.45, 2.75) is 70.6 Å². The van der Waals surface area contributed by atoms with Gasteiger partial charge in [-0.15, -0.1) is 0 Å². The van der Waals surface area contributed by atoms with Gasteiger partial charge in [-0.05, 0) is 26.2 Å². The van der Waals surface area contributed by atoms with Crippen molar-refractivity contribution in [2.75, 3.05) is 0 Å². The van der Waals surface area contributed by atoms with Crippen molar-refractivity contribution in [3.8, 4) is 0 Å². The second-order valence-electron chi connectivity index (χ2n) is 4.31. The van der Waals surface area contributed by atoms with Crippen LogP contribution >= 0.6 is 0 Å². The molecule has 3 atom stereocenters. The topological polar surface area (TPSA) is 32.3 Å². The standard InChI is InChI=1S/C11H23NO/c1-3-6-9(2)12-10-7-4-5-8-11(10)13/h9-13H,3-8H2,1-2H3/t9-,10+,11+/m0/s1. The Morgan fingerprint density at radius 3 is 2.69 bits per heavy atom. The lowest BCUT2D eigenvalue weighted by Crippen LogP contribution is -2.46. The monoisotopic (exact) mass is 185 g/mol. The molecule has 0 aromatic heterocycles. The first kappa shape index (κ1) is 11.0. The summed E-state index contributed by atoms with van der Waals surface area (Å²) in [7, 11) is 0. The third kappa shape index (κ3) is 3.65. The van der Waals surface area contributed by atoms with Crippen LogP contribution in [0, 0.1) is 0 Å². The quantitative estimate of drug-likeness (QED) is 0.702. The Morgan fingerprint density at radius 1 is 1.38 bits per heavy atom. The summed E-state index contributed by atoms with van der Waals surface area (Å²) in [5.41, 5.74) is 0. The maximum Gasteiger partial charge on any atom is 0.0693 e. The van der Waals surface area contributed by atoms with Crippen LogP contribution in [0.3, 0.4) is 0 Å². The van der Waals surface area contributed by atoms with Gasteiger partial charge in [0.1, 0.15) is 0 Å². The summed E-state index contributed by atoms with van der Waals surface area (Å²) < 4.78 is 0. The van der Waals surface area contributed by atoms with Crippen molar-refractivity contribution in [1.82, 2.24) is 5.32 Å². The van der Waals surface area contributed by atoms with Crippen LogP contribution in [0.1, 0.15) is 52.4 Å². The third-order valence-electron chi connectivity index (χ3n) is 2.95. The molecule has 0 aromatic carbocycles. The van der Waals surface area contributed by atoms with Gasteiger partial charge in [0, 0.05) is 12.1 Å². The fourth-order valence-electron chi connectivity index (χ4n) is 2.19. The number of nitrogens with one attached hydrogen (secondary N) is 1. The number of hydrogen-bond acceptors (Lipinski definition) is 2. The van der Waals surface area contributed by atoms with E-state index >= 15 is 0 Å². The van der Waals surface area contributed by atoms with Crippen molar-refractivity contribution < 1.29 is 5.11 Å². The molecule has 0 heterocycles. The minimum absolute atomic E-state index is 0.104. The zero-order valence-electron chi connectivity index (χ0n) is 8.92. The Labute approximate surface area is 81.7 Å². The molecular weight excluding hydrogens is 162 g/mol. The van der Waals surface area contributed by atoms with E-state index in [-0.39, 0.29) is 6.10 Å². The normalized spacial score (nSPS) is 31.6. The van der Waals surface area contributed by atoms with Crippen LogP contribution in [0.2, 0.25) is 0 Å². The first-order chi connectivity index (χ1) is 6.24. The highest BCUT2D eigenvalue weighted by molar-refractivity contribution is 4.82. The van der Waals surface area contributed by atoms with E-state index in [2.05, 4.69) is 19.2 Å². The number of hydrogen-bond donors (Lipinski definition) is 2. The molecule has 0 aromatic rings. The van der Waals surface area contributed by atoms with Crippen molar-refractivity contribution in [1.29, 1.82) is 0 Å². The molecule has 0 bridgehead atoms. The summed E-state index contributed by atoms with van der Waals surface area (Å²) in [6.07, 6.45) is 6.93. The summed E-state index contributed by atoms with van der Waals surface area (Å²) in [6.45, 7) is 4.42. The molecule has 2 heteroatoms.